The van der Waals surface area contributed by atoms with E-state index in [1.807, 2.05) is 0 Å². The van der Waals surface area contributed by atoms with Crippen molar-refractivity contribution in [1.29, 1.82) is 0 Å². The van der Waals surface area contributed by atoms with E-state index in [0.717, 1.165) is 17.8 Å². The monoisotopic (exact) mass is 223 g/mol. The van der Waals surface area contributed by atoms with Gasteiger partial charge in [-0.1, -0.05) is 40.0 Å². The number of nitrogens with two attached hydrogens (primary N) is 1. The Kier molecular flexibility index (Phi) is 3.63. The van der Waals surface area contributed by atoms with Crippen LogP contribution in [-0.2, 0) is 0 Å². The summed E-state index contributed by atoms with van der Waals surface area (Å²) in [5.41, 5.74) is 7.08. The molecule has 2 atom stereocenters. The van der Waals surface area contributed by atoms with E-state index in [4.69, 9.17) is 5.73 Å². The van der Waals surface area contributed by atoms with E-state index in [1.165, 1.54) is 44.9 Å². The number of rotatable bonds is 2. The molecule has 1 heteroatoms. The van der Waals surface area contributed by atoms with Gasteiger partial charge in [-0.3, -0.25) is 0 Å². The Bertz CT molecular complexity index is 226. The lowest BCUT2D eigenvalue weighted by Gasteiger charge is -2.39. The molecule has 0 spiro atoms. The molecule has 0 aliphatic heterocycles. The molecule has 0 amide bonds. The van der Waals surface area contributed by atoms with Gasteiger partial charge in [0.05, 0.1) is 0 Å². The van der Waals surface area contributed by atoms with Gasteiger partial charge in [-0.05, 0) is 48.9 Å². The second-order valence-corrected chi connectivity index (χ2v) is 7.08. The zero-order valence-corrected chi connectivity index (χ0v) is 11.3. The third-order valence-corrected chi connectivity index (χ3v) is 5.41. The highest BCUT2D eigenvalue weighted by atomic mass is 14.7. The van der Waals surface area contributed by atoms with Gasteiger partial charge in [-0.15, -0.1) is 0 Å². The van der Waals surface area contributed by atoms with Crippen molar-refractivity contribution in [3.05, 3.63) is 0 Å². The Morgan fingerprint density at radius 3 is 2.19 bits per heavy atom. The molecule has 2 fully saturated rings. The van der Waals surface area contributed by atoms with E-state index in [0.29, 0.717) is 11.5 Å². The van der Waals surface area contributed by atoms with Crippen molar-refractivity contribution in [1.82, 2.24) is 0 Å². The maximum absolute atomic E-state index is 6.57. The molecule has 2 aliphatic rings. The van der Waals surface area contributed by atoms with Crippen LogP contribution in [0.1, 0.15) is 65.7 Å². The molecule has 1 nitrogen and oxygen atoms in total. The number of hydrogen-bond acceptors (Lipinski definition) is 1. The summed E-state index contributed by atoms with van der Waals surface area (Å²) in [5, 5.41) is 0. The maximum Gasteiger partial charge on any atom is 0.0101 e. The fraction of sp³-hybridized carbons (Fsp3) is 1.00. The molecule has 16 heavy (non-hydrogen) atoms. The molecule has 2 aliphatic carbocycles. The Balaban J connectivity index is 1.94. The summed E-state index contributed by atoms with van der Waals surface area (Å²) in [5.74, 6) is 2.55. The normalized spacial score (nSPS) is 40.9. The minimum absolute atomic E-state index is 0.477. The van der Waals surface area contributed by atoms with Crippen LogP contribution in [0.5, 0.6) is 0 Å². The van der Waals surface area contributed by atoms with Gasteiger partial charge in [0.25, 0.3) is 0 Å². The van der Waals surface area contributed by atoms with Crippen molar-refractivity contribution in [2.75, 3.05) is 0 Å². The van der Waals surface area contributed by atoms with Crippen LogP contribution < -0.4 is 5.73 Å². The Hall–Kier alpha value is -0.0400. The minimum atomic E-state index is 0.477. The third kappa shape index (κ3) is 2.45. The lowest BCUT2D eigenvalue weighted by atomic mass is 9.69. The molecule has 2 N–H and O–H groups in total. The predicted octanol–water partition coefficient (Wildman–Crippen LogP) is 3.97. The second kappa shape index (κ2) is 4.68. The molecular formula is C15H29N. The van der Waals surface area contributed by atoms with Gasteiger partial charge in [0.15, 0.2) is 0 Å². The van der Waals surface area contributed by atoms with Crippen molar-refractivity contribution in [2.45, 2.75) is 71.8 Å². The van der Waals surface area contributed by atoms with Crippen molar-refractivity contribution in [3.8, 4) is 0 Å². The van der Waals surface area contributed by atoms with Gasteiger partial charge in [-0.25, -0.2) is 0 Å². The van der Waals surface area contributed by atoms with Crippen LogP contribution in [0.4, 0.5) is 0 Å². The molecule has 0 bridgehead atoms. The average molecular weight is 223 g/mol. The van der Waals surface area contributed by atoms with Crippen molar-refractivity contribution in [2.24, 2.45) is 28.9 Å². The number of hydrogen-bond donors (Lipinski definition) is 1. The van der Waals surface area contributed by atoms with Gasteiger partial charge < -0.3 is 5.73 Å². The Morgan fingerprint density at radius 1 is 1.06 bits per heavy atom. The molecule has 0 heterocycles. The first-order valence-electron chi connectivity index (χ1n) is 7.26. The third-order valence-electron chi connectivity index (χ3n) is 5.41. The van der Waals surface area contributed by atoms with Gasteiger partial charge in [0.1, 0.15) is 0 Å². The summed E-state index contributed by atoms with van der Waals surface area (Å²) in [4.78, 5) is 0. The second-order valence-electron chi connectivity index (χ2n) is 7.08. The van der Waals surface area contributed by atoms with Crippen LogP contribution in [0.2, 0.25) is 0 Å². The summed E-state index contributed by atoms with van der Waals surface area (Å²) < 4.78 is 0. The van der Waals surface area contributed by atoms with E-state index in [2.05, 4.69) is 20.8 Å². The molecule has 94 valence electrons. The minimum Gasteiger partial charge on any atom is -0.327 e. The lowest BCUT2D eigenvalue weighted by molar-refractivity contribution is 0.146. The van der Waals surface area contributed by atoms with Gasteiger partial charge in [-0.2, -0.15) is 0 Å². The standard InChI is InChI=1S/C15H29N/c1-11-6-8-12(9-7-11)14(16)13-5-4-10-15(13,2)3/h11-14H,4-10,16H2,1-3H3. The van der Waals surface area contributed by atoms with E-state index in [1.54, 1.807) is 0 Å². The zero-order chi connectivity index (χ0) is 11.8. The van der Waals surface area contributed by atoms with Crippen LogP contribution in [0.3, 0.4) is 0 Å². The molecule has 0 aromatic carbocycles. The first-order chi connectivity index (χ1) is 7.50. The van der Waals surface area contributed by atoms with Gasteiger partial charge in [0, 0.05) is 6.04 Å². The largest absolute Gasteiger partial charge is 0.327 e. The van der Waals surface area contributed by atoms with Gasteiger partial charge in [0.2, 0.25) is 0 Å². The summed E-state index contributed by atoms with van der Waals surface area (Å²) >= 11 is 0. The fourth-order valence-corrected chi connectivity index (χ4v) is 4.07. The van der Waals surface area contributed by atoms with Crippen molar-refractivity contribution >= 4 is 0 Å². The van der Waals surface area contributed by atoms with E-state index >= 15 is 0 Å². The highest BCUT2D eigenvalue weighted by molar-refractivity contribution is 4.94. The van der Waals surface area contributed by atoms with Crippen LogP contribution in [0.15, 0.2) is 0 Å². The first kappa shape index (κ1) is 12.4. The quantitative estimate of drug-likeness (QED) is 0.753. The molecule has 0 radical (unpaired) electrons. The fourth-order valence-electron chi connectivity index (χ4n) is 4.07. The van der Waals surface area contributed by atoms with E-state index < -0.39 is 0 Å². The van der Waals surface area contributed by atoms with Crippen molar-refractivity contribution in [3.63, 3.8) is 0 Å². The highest BCUT2D eigenvalue weighted by Crippen LogP contribution is 2.47. The van der Waals surface area contributed by atoms with E-state index in [9.17, 15) is 0 Å². The summed E-state index contributed by atoms with van der Waals surface area (Å²) in [6, 6.07) is 0.477. The molecule has 0 aromatic heterocycles. The van der Waals surface area contributed by atoms with Crippen LogP contribution in [0.25, 0.3) is 0 Å². The highest BCUT2D eigenvalue weighted by Gasteiger charge is 2.41. The predicted molar refractivity (Wildman–Crippen MR) is 70.2 cm³/mol. The Labute approximate surface area is 101 Å². The first-order valence-corrected chi connectivity index (χ1v) is 7.26. The Morgan fingerprint density at radius 2 is 1.69 bits per heavy atom. The van der Waals surface area contributed by atoms with Crippen LogP contribution >= 0.6 is 0 Å². The topological polar surface area (TPSA) is 26.0 Å². The molecule has 0 aromatic rings. The molecule has 2 rings (SSSR count). The smallest absolute Gasteiger partial charge is 0.0101 e. The van der Waals surface area contributed by atoms with Gasteiger partial charge >= 0.3 is 0 Å². The zero-order valence-electron chi connectivity index (χ0n) is 11.3. The average Bonchev–Trinajstić information content (AvgIpc) is 2.58. The molecule has 2 saturated carbocycles. The van der Waals surface area contributed by atoms with E-state index in [-0.39, 0.29) is 0 Å². The lowest BCUT2D eigenvalue weighted by Crippen LogP contribution is -2.43. The summed E-state index contributed by atoms with van der Waals surface area (Å²) in [7, 11) is 0. The van der Waals surface area contributed by atoms with Crippen LogP contribution in [-0.4, -0.2) is 6.04 Å². The summed E-state index contributed by atoms with van der Waals surface area (Å²) in [6.07, 6.45) is 9.74. The molecular weight excluding hydrogens is 194 g/mol. The van der Waals surface area contributed by atoms with Crippen molar-refractivity contribution < 1.29 is 0 Å². The van der Waals surface area contributed by atoms with Crippen LogP contribution in [0, 0.1) is 23.2 Å². The maximum atomic E-state index is 6.57. The molecule has 2 unspecified atom stereocenters. The summed E-state index contributed by atoms with van der Waals surface area (Å²) in [6.45, 7) is 7.24. The molecule has 0 saturated heterocycles. The SMILES string of the molecule is CC1CCC(C(N)C2CCCC2(C)C)CC1.